The van der Waals surface area contributed by atoms with Crippen molar-refractivity contribution in [2.45, 2.75) is 25.0 Å². The summed E-state index contributed by atoms with van der Waals surface area (Å²) in [7, 11) is 1.73. The molecule has 5 nitrogen and oxygen atoms in total. The molecule has 0 N–H and O–H groups in total. The second-order valence-corrected chi connectivity index (χ2v) is 6.38. The Kier molecular flexibility index (Phi) is 5.85. The fourth-order valence-electron chi connectivity index (χ4n) is 2.05. The van der Waals surface area contributed by atoms with Crippen LogP contribution < -0.4 is 4.90 Å². The van der Waals surface area contributed by atoms with E-state index in [1.807, 2.05) is 18.4 Å². The van der Waals surface area contributed by atoms with Crippen molar-refractivity contribution >= 4 is 35.0 Å². The van der Waals surface area contributed by atoms with Crippen molar-refractivity contribution in [1.29, 1.82) is 0 Å². The van der Waals surface area contributed by atoms with E-state index in [2.05, 4.69) is 17.0 Å². The number of rotatable bonds is 6. The van der Waals surface area contributed by atoms with Gasteiger partial charge in [0, 0.05) is 24.9 Å². The van der Waals surface area contributed by atoms with Crippen molar-refractivity contribution in [1.82, 2.24) is 14.8 Å². The van der Waals surface area contributed by atoms with Crippen LogP contribution in [0, 0.1) is 0 Å². The van der Waals surface area contributed by atoms with Gasteiger partial charge in [-0.05, 0) is 24.8 Å². The van der Waals surface area contributed by atoms with Gasteiger partial charge in [0.25, 0.3) is 0 Å². The first-order valence-electron chi connectivity index (χ1n) is 7.01. The van der Waals surface area contributed by atoms with Gasteiger partial charge in [0.15, 0.2) is 5.15 Å². The molecule has 0 saturated carbocycles. The van der Waals surface area contributed by atoms with Gasteiger partial charge in [-0.15, -0.1) is 0 Å². The number of carbonyl (C=O) groups is 1. The average molecular weight is 339 g/mol. The van der Waals surface area contributed by atoms with Crippen LogP contribution in [-0.4, -0.2) is 39.2 Å². The summed E-state index contributed by atoms with van der Waals surface area (Å²) in [6, 6.07) is 3.70. The van der Waals surface area contributed by atoms with Crippen molar-refractivity contribution in [3.05, 3.63) is 35.9 Å². The number of carbonyl (C=O) groups excluding carboxylic acids is 1. The molecule has 0 aliphatic carbocycles. The standard InChI is InChI=1S/C15H19ClN4OS/c1-4-12(22-3)8-14(21)19(2)13-10-20(18-15(13)16)11-6-5-7-17-9-11/h5-7,9-10,12H,4,8H2,1-3H3. The van der Waals surface area contributed by atoms with Gasteiger partial charge in [-0.2, -0.15) is 16.9 Å². The lowest BCUT2D eigenvalue weighted by atomic mass is 10.2. The predicted octanol–water partition coefficient (Wildman–Crippen LogP) is 3.42. The van der Waals surface area contributed by atoms with E-state index >= 15 is 0 Å². The molecular weight excluding hydrogens is 320 g/mol. The number of amides is 1. The predicted molar refractivity (Wildman–Crippen MR) is 92.0 cm³/mol. The third-order valence-corrected chi connectivity index (χ3v) is 4.92. The van der Waals surface area contributed by atoms with Crippen molar-refractivity contribution < 1.29 is 4.79 Å². The Bertz CT molecular complexity index is 628. The monoisotopic (exact) mass is 338 g/mol. The molecule has 1 amide bonds. The lowest BCUT2D eigenvalue weighted by Gasteiger charge is -2.18. The second-order valence-electron chi connectivity index (χ2n) is 4.88. The molecule has 0 spiro atoms. The first kappa shape index (κ1) is 16.8. The zero-order valence-electron chi connectivity index (χ0n) is 12.9. The van der Waals surface area contributed by atoms with Crippen LogP contribution >= 0.6 is 23.4 Å². The van der Waals surface area contributed by atoms with Gasteiger partial charge in [0.2, 0.25) is 5.91 Å². The van der Waals surface area contributed by atoms with Crippen LogP contribution in [-0.2, 0) is 4.79 Å². The Morgan fingerprint density at radius 3 is 2.91 bits per heavy atom. The van der Waals surface area contributed by atoms with Gasteiger partial charge in [0.05, 0.1) is 18.1 Å². The molecule has 2 aromatic heterocycles. The minimum Gasteiger partial charge on any atom is -0.311 e. The van der Waals surface area contributed by atoms with Gasteiger partial charge >= 0.3 is 0 Å². The van der Waals surface area contributed by atoms with Gasteiger partial charge < -0.3 is 4.90 Å². The van der Waals surface area contributed by atoms with Crippen LogP contribution in [0.3, 0.4) is 0 Å². The Balaban J connectivity index is 2.18. The fraction of sp³-hybridized carbons (Fsp3) is 0.400. The summed E-state index contributed by atoms with van der Waals surface area (Å²) in [5, 5.41) is 4.87. The molecule has 0 radical (unpaired) electrons. The molecular formula is C15H19ClN4OS. The zero-order valence-corrected chi connectivity index (χ0v) is 14.4. The zero-order chi connectivity index (χ0) is 16.1. The number of aromatic nitrogens is 3. The highest BCUT2D eigenvalue weighted by Crippen LogP contribution is 2.26. The molecule has 2 rings (SSSR count). The van der Waals surface area contributed by atoms with Gasteiger partial charge in [-0.1, -0.05) is 18.5 Å². The smallest absolute Gasteiger partial charge is 0.227 e. The number of pyridine rings is 1. The maximum atomic E-state index is 12.4. The lowest BCUT2D eigenvalue weighted by molar-refractivity contribution is -0.118. The molecule has 0 bridgehead atoms. The normalized spacial score (nSPS) is 12.2. The highest BCUT2D eigenvalue weighted by Gasteiger charge is 2.20. The van der Waals surface area contributed by atoms with Crippen molar-refractivity contribution in [3.8, 4) is 5.69 Å². The first-order valence-corrected chi connectivity index (χ1v) is 8.68. The summed E-state index contributed by atoms with van der Waals surface area (Å²) in [4.78, 5) is 18.0. The topological polar surface area (TPSA) is 51.0 Å². The summed E-state index contributed by atoms with van der Waals surface area (Å²) in [6.07, 6.45) is 8.60. The van der Waals surface area contributed by atoms with Crippen LogP contribution in [0.25, 0.3) is 5.69 Å². The molecule has 0 aliphatic heterocycles. The van der Waals surface area contributed by atoms with Crippen molar-refractivity contribution in [2.24, 2.45) is 0 Å². The SMILES string of the molecule is CCC(CC(=O)N(C)c1cn(-c2cccnc2)nc1Cl)SC. The van der Waals surface area contributed by atoms with E-state index in [1.165, 1.54) is 0 Å². The molecule has 0 saturated heterocycles. The molecule has 0 aliphatic rings. The molecule has 1 atom stereocenters. The van der Waals surface area contributed by atoms with Crippen molar-refractivity contribution in [2.75, 3.05) is 18.2 Å². The second kappa shape index (κ2) is 7.65. The Morgan fingerprint density at radius 2 is 2.32 bits per heavy atom. The third-order valence-electron chi connectivity index (χ3n) is 3.49. The summed E-state index contributed by atoms with van der Waals surface area (Å²) in [5.74, 6) is 0.0360. The minimum atomic E-state index is 0.0360. The minimum absolute atomic E-state index is 0.0360. The molecule has 7 heteroatoms. The van der Waals surface area contributed by atoms with Crippen LogP contribution in [0.5, 0.6) is 0 Å². The summed E-state index contributed by atoms with van der Waals surface area (Å²) in [5.41, 5.74) is 1.40. The molecule has 118 valence electrons. The quantitative estimate of drug-likeness (QED) is 0.809. The van der Waals surface area contributed by atoms with E-state index in [0.29, 0.717) is 22.5 Å². The maximum Gasteiger partial charge on any atom is 0.227 e. The van der Waals surface area contributed by atoms with Gasteiger partial charge in [0.1, 0.15) is 5.69 Å². The van der Waals surface area contributed by atoms with Crippen LogP contribution in [0.4, 0.5) is 5.69 Å². The van der Waals surface area contributed by atoms with Gasteiger partial charge in [-0.25, -0.2) is 4.68 Å². The van der Waals surface area contributed by atoms with E-state index in [9.17, 15) is 4.79 Å². The number of halogens is 1. The Hall–Kier alpha value is -1.53. The molecule has 2 aromatic rings. The number of thioether (sulfide) groups is 1. The van der Waals surface area contributed by atoms with Crippen LogP contribution in [0.1, 0.15) is 19.8 Å². The van der Waals surface area contributed by atoms with E-state index in [0.717, 1.165) is 12.1 Å². The van der Waals surface area contributed by atoms with E-state index in [1.54, 1.807) is 47.0 Å². The van der Waals surface area contributed by atoms with Gasteiger partial charge in [-0.3, -0.25) is 9.78 Å². The summed E-state index contributed by atoms with van der Waals surface area (Å²) >= 11 is 7.89. The lowest BCUT2D eigenvalue weighted by Crippen LogP contribution is -2.28. The fourth-order valence-corrected chi connectivity index (χ4v) is 2.95. The Labute approximate surface area is 139 Å². The Morgan fingerprint density at radius 1 is 1.55 bits per heavy atom. The average Bonchev–Trinajstić information content (AvgIpc) is 2.94. The number of hydrogen-bond donors (Lipinski definition) is 0. The van der Waals surface area contributed by atoms with E-state index < -0.39 is 0 Å². The maximum absolute atomic E-state index is 12.4. The molecule has 22 heavy (non-hydrogen) atoms. The highest BCUT2D eigenvalue weighted by molar-refractivity contribution is 7.99. The van der Waals surface area contributed by atoms with E-state index in [4.69, 9.17) is 11.6 Å². The first-order chi connectivity index (χ1) is 10.6. The third kappa shape index (κ3) is 3.81. The van der Waals surface area contributed by atoms with Crippen LogP contribution in [0.15, 0.2) is 30.7 Å². The molecule has 0 aromatic carbocycles. The molecule has 2 heterocycles. The largest absolute Gasteiger partial charge is 0.311 e. The molecule has 0 fully saturated rings. The van der Waals surface area contributed by atoms with Crippen molar-refractivity contribution in [3.63, 3.8) is 0 Å². The number of anilines is 1. The highest BCUT2D eigenvalue weighted by atomic mass is 35.5. The number of nitrogens with zero attached hydrogens (tertiary/aromatic N) is 4. The van der Waals surface area contributed by atoms with E-state index in [-0.39, 0.29) is 5.91 Å². The molecule has 1 unspecified atom stereocenters. The summed E-state index contributed by atoms with van der Waals surface area (Å²) < 4.78 is 1.63. The summed E-state index contributed by atoms with van der Waals surface area (Å²) in [6.45, 7) is 2.09. The number of hydrogen-bond acceptors (Lipinski definition) is 4. The van der Waals surface area contributed by atoms with Crippen LogP contribution in [0.2, 0.25) is 5.15 Å².